The van der Waals surface area contributed by atoms with Crippen LogP contribution < -0.4 is 10.1 Å². The average Bonchev–Trinajstić information content (AvgIpc) is 2.68. The van der Waals surface area contributed by atoms with Crippen molar-refractivity contribution in [1.82, 2.24) is 15.1 Å². The van der Waals surface area contributed by atoms with Gasteiger partial charge in [0.05, 0.1) is 7.11 Å². The molecule has 0 bridgehead atoms. The summed E-state index contributed by atoms with van der Waals surface area (Å²) in [4.78, 5) is 16.7. The molecule has 0 aromatic heterocycles. The summed E-state index contributed by atoms with van der Waals surface area (Å²) in [5, 5.41) is 3.00. The zero-order valence-electron chi connectivity index (χ0n) is 15.6. The molecule has 2 aromatic rings. The highest BCUT2D eigenvalue weighted by molar-refractivity contribution is 5.74. The van der Waals surface area contributed by atoms with Gasteiger partial charge in [-0.1, -0.05) is 48.0 Å². The van der Waals surface area contributed by atoms with Crippen LogP contribution >= 0.6 is 0 Å². The van der Waals surface area contributed by atoms with Crippen LogP contribution in [0.5, 0.6) is 5.75 Å². The van der Waals surface area contributed by atoms with Crippen molar-refractivity contribution in [2.24, 2.45) is 0 Å². The quantitative estimate of drug-likeness (QED) is 0.899. The number of urea groups is 1. The molecule has 3 rings (SSSR count). The molecule has 1 heterocycles. The molecule has 0 spiro atoms. The van der Waals surface area contributed by atoms with Gasteiger partial charge < -0.3 is 15.0 Å². The van der Waals surface area contributed by atoms with Crippen LogP contribution in [0.25, 0.3) is 0 Å². The van der Waals surface area contributed by atoms with Gasteiger partial charge in [0.2, 0.25) is 0 Å². The van der Waals surface area contributed by atoms with Crippen molar-refractivity contribution in [1.29, 1.82) is 0 Å². The third-order valence-corrected chi connectivity index (χ3v) is 4.81. The van der Waals surface area contributed by atoms with Gasteiger partial charge in [0.25, 0.3) is 0 Å². The molecule has 0 atom stereocenters. The number of nitrogens with one attached hydrogen (secondary N) is 1. The molecule has 1 N–H and O–H groups in total. The number of hydrogen-bond acceptors (Lipinski definition) is 3. The van der Waals surface area contributed by atoms with Crippen LogP contribution in [0.1, 0.15) is 16.7 Å². The van der Waals surface area contributed by atoms with Crippen molar-refractivity contribution >= 4 is 6.03 Å². The highest BCUT2D eigenvalue weighted by Crippen LogP contribution is 2.17. The first-order valence-electron chi connectivity index (χ1n) is 9.08. The lowest BCUT2D eigenvalue weighted by Gasteiger charge is -2.34. The van der Waals surface area contributed by atoms with Gasteiger partial charge in [-0.3, -0.25) is 4.90 Å². The lowest BCUT2D eigenvalue weighted by molar-refractivity contribution is 0.135. The second-order valence-corrected chi connectivity index (χ2v) is 6.72. The molecule has 0 saturated carbocycles. The first-order valence-corrected chi connectivity index (χ1v) is 9.08. The lowest BCUT2D eigenvalue weighted by atomic mass is 10.1. The van der Waals surface area contributed by atoms with Gasteiger partial charge in [0.1, 0.15) is 5.75 Å². The lowest BCUT2D eigenvalue weighted by Crippen LogP contribution is -2.51. The van der Waals surface area contributed by atoms with Gasteiger partial charge in [0.15, 0.2) is 0 Å². The van der Waals surface area contributed by atoms with E-state index in [4.69, 9.17) is 4.74 Å². The summed E-state index contributed by atoms with van der Waals surface area (Å²) in [5.41, 5.74) is 3.59. The van der Waals surface area contributed by atoms with E-state index in [0.717, 1.165) is 44.0 Å². The molecule has 5 heteroatoms. The SMILES string of the molecule is COc1ccccc1CNC(=O)N1CCN(Cc2ccc(C)cc2)CC1. The number of carbonyl (C=O) groups excluding carboxylic acids is 1. The maximum absolute atomic E-state index is 12.4. The predicted molar refractivity (Wildman–Crippen MR) is 103 cm³/mol. The molecule has 2 amide bonds. The van der Waals surface area contributed by atoms with E-state index in [0.29, 0.717) is 6.54 Å². The fraction of sp³-hybridized carbons (Fsp3) is 0.381. The number of aryl methyl sites for hydroxylation is 1. The van der Waals surface area contributed by atoms with Gasteiger partial charge in [-0.05, 0) is 18.6 Å². The number of ether oxygens (including phenoxy) is 1. The summed E-state index contributed by atoms with van der Waals surface area (Å²) in [7, 11) is 1.65. The number of rotatable bonds is 5. The summed E-state index contributed by atoms with van der Waals surface area (Å²) in [6, 6.07) is 16.4. The predicted octanol–water partition coefficient (Wildman–Crippen LogP) is 3.03. The Hall–Kier alpha value is -2.53. The molecule has 1 aliphatic rings. The van der Waals surface area contributed by atoms with Crippen molar-refractivity contribution < 1.29 is 9.53 Å². The summed E-state index contributed by atoms with van der Waals surface area (Å²) >= 11 is 0. The zero-order chi connectivity index (χ0) is 18.4. The maximum atomic E-state index is 12.4. The molecule has 0 aliphatic carbocycles. The highest BCUT2D eigenvalue weighted by atomic mass is 16.5. The molecule has 1 saturated heterocycles. The summed E-state index contributed by atoms with van der Waals surface area (Å²) in [6.45, 7) is 6.83. The Morgan fingerprint density at radius 3 is 2.42 bits per heavy atom. The van der Waals surface area contributed by atoms with E-state index in [1.165, 1.54) is 11.1 Å². The van der Waals surface area contributed by atoms with Crippen molar-refractivity contribution in [3.63, 3.8) is 0 Å². The van der Waals surface area contributed by atoms with Crippen LogP contribution in [0.4, 0.5) is 4.79 Å². The van der Waals surface area contributed by atoms with Crippen molar-refractivity contribution in [3.05, 3.63) is 65.2 Å². The van der Waals surface area contributed by atoms with E-state index in [-0.39, 0.29) is 6.03 Å². The van der Waals surface area contributed by atoms with E-state index < -0.39 is 0 Å². The molecule has 0 radical (unpaired) electrons. The van der Waals surface area contributed by atoms with E-state index >= 15 is 0 Å². The summed E-state index contributed by atoms with van der Waals surface area (Å²) < 4.78 is 5.33. The molecule has 1 fully saturated rings. The molecule has 0 unspecified atom stereocenters. The second kappa shape index (κ2) is 8.72. The highest BCUT2D eigenvalue weighted by Gasteiger charge is 2.21. The topological polar surface area (TPSA) is 44.8 Å². The van der Waals surface area contributed by atoms with E-state index in [1.807, 2.05) is 29.2 Å². The number of para-hydroxylation sites is 1. The third kappa shape index (κ3) is 4.76. The number of amides is 2. The molecule has 138 valence electrons. The fourth-order valence-corrected chi connectivity index (χ4v) is 3.19. The molecular weight excluding hydrogens is 326 g/mol. The van der Waals surface area contributed by atoms with Crippen LogP contribution in [0.2, 0.25) is 0 Å². The summed E-state index contributed by atoms with van der Waals surface area (Å²) in [6.07, 6.45) is 0. The Kier molecular flexibility index (Phi) is 6.12. The Morgan fingerprint density at radius 1 is 1.04 bits per heavy atom. The van der Waals surface area contributed by atoms with Gasteiger partial charge >= 0.3 is 6.03 Å². The Bertz CT molecular complexity index is 722. The largest absolute Gasteiger partial charge is 0.496 e. The molecule has 1 aliphatic heterocycles. The van der Waals surface area contributed by atoms with E-state index in [9.17, 15) is 4.79 Å². The summed E-state index contributed by atoms with van der Waals surface area (Å²) in [5.74, 6) is 0.802. The Morgan fingerprint density at radius 2 is 1.73 bits per heavy atom. The molecule has 26 heavy (non-hydrogen) atoms. The first kappa shape index (κ1) is 18.3. The molecule has 2 aromatic carbocycles. The van der Waals surface area contributed by atoms with Crippen molar-refractivity contribution in [2.75, 3.05) is 33.3 Å². The minimum Gasteiger partial charge on any atom is -0.496 e. The minimum atomic E-state index is -0.00843. The molecule has 5 nitrogen and oxygen atoms in total. The average molecular weight is 353 g/mol. The van der Waals surface area contributed by atoms with Crippen molar-refractivity contribution in [2.45, 2.75) is 20.0 Å². The number of benzene rings is 2. The van der Waals surface area contributed by atoms with Crippen LogP contribution in [0.3, 0.4) is 0 Å². The first-order chi connectivity index (χ1) is 12.7. The Balaban J connectivity index is 1.45. The number of hydrogen-bond donors (Lipinski definition) is 1. The normalized spacial score (nSPS) is 14.9. The standard InChI is InChI=1S/C21H27N3O2/c1-17-7-9-18(10-8-17)16-23-11-13-24(14-12-23)21(25)22-15-19-5-3-4-6-20(19)26-2/h3-10H,11-16H2,1-2H3,(H,22,25). The van der Waals surface area contributed by atoms with Crippen LogP contribution in [0, 0.1) is 6.92 Å². The van der Waals surface area contributed by atoms with Crippen molar-refractivity contribution in [3.8, 4) is 5.75 Å². The number of methoxy groups -OCH3 is 1. The van der Waals surface area contributed by atoms with Crippen LogP contribution in [0.15, 0.2) is 48.5 Å². The zero-order valence-corrected chi connectivity index (χ0v) is 15.6. The number of piperazine rings is 1. The smallest absolute Gasteiger partial charge is 0.317 e. The third-order valence-electron chi connectivity index (χ3n) is 4.81. The Labute approximate surface area is 155 Å². The second-order valence-electron chi connectivity index (χ2n) is 6.72. The fourth-order valence-electron chi connectivity index (χ4n) is 3.19. The maximum Gasteiger partial charge on any atom is 0.317 e. The number of nitrogens with zero attached hydrogens (tertiary/aromatic N) is 2. The van der Waals surface area contributed by atoms with Gasteiger partial charge in [-0.2, -0.15) is 0 Å². The van der Waals surface area contributed by atoms with E-state index in [2.05, 4.69) is 41.4 Å². The monoisotopic (exact) mass is 353 g/mol. The van der Waals surface area contributed by atoms with E-state index in [1.54, 1.807) is 7.11 Å². The molecular formula is C21H27N3O2. The minimum absolute atomic E-state index is 0.00843. The van der Waals surface area contributed by atoms with Crippen LogP contribution in [-0.4, -0.2) is 49.1 Å². The van der Waals surface area contributed by atoms with Gasteiger partial charge in [-0.25, -0.2) is 4.79 Å². The number of carbonyl (C=O) groups is 1. The van der Waals surface area contributed by atoms with Gasteiger partial charge in [-0.15, -0.1) is 0 Å². The van der Waals surface area contributed by atoms with Gasteiger partial charge in [0, 0.05) is 44.8 Å². The van der Waals surface area contributed by atoms with Crippen LogP contribution in [-0.2, 0) is 13.1 Å².